The molecule has 0 radical (unpaired) electrons. The Hall–Kier alpha value is -1.47. The molecular formula is C19H21S+. The number of hydrogen-bond acceptors (Lipinski definition) is 0. The zero-order valence-corrected chi connectivity index (χ0v) is 12.8. The molecule has 0 N–H and O–H groups in total. The molecular weight excluding hydrogens is 260 g/mol. The first-order valence-corrected chi connectivity index (χ1v) is 8.97. The summed E-state index contributed by atoms with van der Waals surface area (Å²) in [6.45, 7) is 2.21. The van der Waals surface area contributed by atoms with Crippen LogP contribution in [0.1, 0.15) is 29.5 Å². The van der Waals surface area contributed by atoms with Crippen LogP contribution in [0.5, 0.6) is 0 Å². The summed E-state index contributed by atoms with van der Waals surface area (Å²) >= 11 is 0. The maximum atomic E-state index is 2.55. The fraction of sp³-hybridized carbons (Fsp3) is 0.263. The van der Waals surface area contributed by atoms with Gasteiger partial charge in [-0.1, -0.05) is 54.6 Å². The first-order valence-electron chi connectivity index (χ1n) is 7.34. The van der Waals surface area contributed by atoms with E-state index in [2.05, 4.69) is 66.9 Å². The van der Waals surface area contributed by atoms with Crippen LogP contribution in [-0.2, 0) is 10.9 Å². The van der Waals surface area contributed by atoms with Crippen LogP contribution in [0.25, 0.3) is 5.57 Å². The first-order chi connectivity index (χ1) is 9.84. The normalized spacial score (nSPS) is 16.6. The van der Waals surface area contributed by atoms with Crippen molar-refractivity contribution in [1.82, 2.24) is 0 Å². The van der Waals surface area contributed by atoms with Gasteiger partial charge in [-0.3, -0.25) is 0 Å². The summed E-state index contributed by atoms with van der Waals surface area (Å²) < 4.78 is 0. The zero-order valence-electron chi connectivity index (χ0n) is 12.0. The molecule has 0 aromatic heterocycles. The van der Waals surface area contributed by atoms with E-state index in [9.17, 15) is 0 Å². The molecule has 0 spiro atoms. The van der Waals surface area contributed by atoms with E-state index >= 15 is 0 Å². The van der Waals surface area contributed by atoms with Crippen LogP contribution in [0, 0.1) is 6.92 Å². The number of rotatable bonds is 3. The minimum Gasteiger partial charge on any atom is -0.0622 e. The van der Waals surface area contributed by atoms with Crippen molar-refractivity contribution in [3.8, 4) is 0 Å². The largest absolute Gasteiger partial charge is 0.127 e. The molecule has 1 aliphatic heterocycles. The van der Waals surface area contributed by atoms with Crippen LogP contribution >= 0.6 is 0 Å². The van der Waals surface area contributed by atoms with Gasteiger partial charge in [-0.2, -0.15) is 0 Å². The van der Waals surface area contributed by atoms with Gasteiger partial charge in [0.15, 0.2) is 0 Å². The van der Waals surface area contributed by atoms with Gasteiger partial charge < -0.3 is 0 Å². The van der Waals surface area contributed by atoms with Gasteiger partial charge in [0.2, 0.25) is 0 Å². The zero-order chi connectivity index (χ0) is 13.8. The standard InChI is InChI=1S/C19H21S/c1-16-9-5-6-12-18(16)19(15-20-13-7-8-14-20)17-10-3-2-4-11-17/h2-6,9-12,15H,7-8,13-14H2,1H3/q+1. The predicted octanol–water partition coefficient (Wildman–Crippen LogP) is 4.80. The van der Waals surface area contributed by atoms with Crippen molar-refractivity contribution in [2.24, 2.45) is 0 Å². The van der Waals surface area contributed by atoms with Gasteiger partial charge in [-0.25, -0.2) is 0 Å². The minimum atomic E-state index is 0.471. The third kappa shape index (κ3) is 2.99. The topological polar surface area (TPSA) is 0 Å². The SMILES string of the molecule is Cc1ccccc1C(=C[S+]1CCCC1)c1ccccc1. The molecule has 2 aromatic carbocycles. The minimum absolute atomic E-state index is 0.471. The van der Waals surface area contributed by atoms with Crippen molar-refractivity contribution >= 4 is 16.5 Å². The summed E-state index contributed by atoms with van der Waals surface area (Å²) in [6, 6.07) is 19.6. The molecule has 0 bridgehead atoms. The molecule has 0 atom stereocenters. The Kier molecular flexibility index (Phi) is 4.27. The molecule has 1 saturated heterocycles. The molecule has 0 unspecified atom stereocenters. The molecule has 1 aliphatic rings. The third-order valence-electron chi connectivity index (χ3n) is 3.87. The molecule has 0 aliphatic carbocycles. The quantitative estimate of drug-likeness (QED) is 0.709. The van der Waals surface area contributed by atoms with Crippen LogP contribution in [0.2, 0.25) is 0 Å². The second-order valence-electron chi connectivity index (χ2n) is 5.37. The first kappa shape index (κ1) is 13.5. The number of hydrogen-bond donors (Lipinski definition) is 0. The molecule has 0 nitrogen and oxygen atoms in total. The third-order valence-corrected chi connectivity index (χ3v) is 6.06. The molecule has 0 amide bonds. The van der Waals surface area contributed by atoms with E-state index < -0.39 is 0 Å². The Bertz CT molecular complexity index is 592. The lowest BCUT2D eigenvalue weighted by Crippen LogP contribution is -2.01. The highest BCUT2D eigenvalue weighted by Gasteiger charge is 2.23. The summed E-state index contributed by atoms with van der Waals surface area (Å²) in [5.74, 6) is 2.75. The Balaban J connectivity index is 2.06. The Morgan fingerprint density at radius 2 is 1.55 bits per heavy atom. The van der Waals surface area contributed by atoms with Gasteiger partial charge in [0.05, 0.1) is 0 Å². The second kappa shape index (κ2) is 6.32. The molecule has 102 valence electrons. The van der Waals surface area contributed by atoms with Crippen molar-refractivity contribution < 1.29 is 0 Å². The highest BCUT2D eigenvalue weighted by Crippen LogP contribution is 2.29. The summed E-state index contributed by atoms with van der Waals surface area (Å²) in [6.07, 6.45) is 2.80. The van der Waals surface area contributed by atoms with Gasteiger partial charge in [-0.15, -0.1) is 0 Å². The van der Waals surface area contributed by atoms with Crippen molar-refractivity contribution in [2.45, 2.75) is 19.8 Å². The monoisotopic (exact) mass is 281 g/mol. The van der Waals surface area contributed by atoms with Gasteiger partial charge in [-0.05, 0) is 36.5 Å². The number of aryl methyl sites for hydroxylation is 1. The van der Waals surface area contributed by atoms with E-state index in [1.807, 2.05) is 0 Å². The number of benzene rings is 2. The average molecular weight is 281 g/mol. The van der Waals surface area contributed by atoms with Crippen molar-refractivity contribution in [3.63, 3.8) is 0 Å². The maximum Gasteiger partial charge on any atom is 0.127 e. The van der Waals surface area contributed by atoms with Crippen LogP contribution in [0.3, 0.4) is 0 Å². The van der Waals surface area contributed by atoms with Crippen LogP contribution in [0.15, 0.2) is 60.0 Å². The molecule has 2 aromatic rings. The van der Waals surface area contributed by atoms with Crippen LogP contribution in [-0.4, -0.2) is 11.5 Å². The lowest BCUT2D eigenvalue weighted by atomic mass is 9.96. The van der Waals surface area contributed by atoms with E-state index in [1.165, 1.54) is 46.6 Å². The van der Waals surface area contributed by atoms with Crippen molar-refractivity contribution in [2.75, 3.05) is 11.5 Å². The maximum absolute atomic E-state index is 2.55. The van der Waals surface area contributed by atoms with Gasteiger partial charge in [0.1, 0.15) is 16.9 Å². The van der Waals surface area contributed by atoms with E-state index in [0.29, 0.717) is 10.9 Å². The van der Waals surface area contributed by atoms with Crippen molar-refractivity contribution in [1.29, 1.82) is 0 Å². The highest BCUT2D eigenvalue weighted by atomic mass is 32.2. The highest BCUT2D eigenvalue weighted by molar-refractivity contribution is 8.00. The lowest BCUT2D eigenvalue weighted by Gasteiger charge is -2.10. The Labute approximate surface area is 124 Å². The smallest absolute Gasteiger partial charge is 0.0622 e. The van der Waals surface area contributed by atoms with Crippen molar-refractivity contribution in [3.05, 3.63) is 76.7 Å². The molecule has 0 saturated carbocycles. The summed E-state index contributed by atoms with van der Waals surface area (Å²) in [5.41, 5.74) is 5.53. The van der Waals surface area contributed by atoms with Crippen LogP contribution in [0.4, 0.5) is 0 Å². The lowest BCUT2D eigenvalue weighted by molar-refractivity contribution is 0.949. The van der Waals surface area contributed by atoms with Crippen LogP contribution < -0.4 is 0 Å². The molecule has 20 heavy (non-hydrogen) atoms. The predicted molar refractivity (Wildman–Crippen MR) is 91.0 cm³/mol. The van der Waals surface area contributed by atoms with E-state index in [-0.39, 0.29) is 0 Å². The van der Waals surface area contributed by atoms with Gasteiger partial charge in [0.25, 0.3) is 0 Å². The fourth-order valence-electron chi connectivity index (χ4n) is 2.74. The summed E-state index contributed by atoms with van der Waals surface area (Å²) in [4.78, 5) is 0. The Morgan fingerprint density at radius 1 is 0.900 bits per heavy atom. The Morgan fingerprint density at radius 3 is 2.25 bits per heavy atom. The van der Waals surface area contributed by atoms with Gasteiger partial charge in [0, 0.05) is 16.5 Å². The van der Waals surface area contributed by atoms with E-state index in [4.69, 9.17) is 0 Å². The van der Waals surface area contributed by atoms with E-state index in [0.717, 1.165) is 0 Å². The molecule has 1 heterocycles. The van der Waals surface area contributed by atoms with E-state index in [1.54, 1.807) is 0 Å². The summed E-state index contributed by atoms with van der Waals surface area (Å²) in [5, 5.41) is 2.55. The molecule has 3 rings (SSSR count). The average Bonchev–Trinajstić information content (AvgIpc) is 3.00. The molecule has 1 heteroatoms. The second-order valence-corrected chi connectivity index (χ2v) is 7.49. The molecule has 1 fully saturated rings. The summed E-state index contributed by atoms with van der Waals surface area (Å²) in [7, 11) is 0.471. The van der Waals surface area contributed by atoms with Gasteiger partial charge >= 0.3 is 0 Å². The fourth-order valence-corrected chi connectivity index (χ4v) is 4.93.